The molecule has 1 amide bonds. The third-order valence-corrected chi connectivity index (χ3v) is 3.19. The normalized spacial score (nSPS) is 19.7. The molecule has 1 N–H and O–H groups in total. The first-order valence-electron chi connectivity index (χ1n) is 5.94. The molecule has 1 saturated heterocycles. The topological polar surface area (TPSA) is 41.6 Å². The quantitative estimate of drug-likeness (QED) is 0.863. The number of benzene rings is 1. The number of ether oxygens (including phenoxy) is 1. The van der Waals surface area contributed by atoms with Crippen LogP contribution in [0.3, 0.4) is 0 Å². The summed E-state index contributed by atoms with van der Waals surface area (Å²) in [7, 11) is 1.56. The number of hydrogen-bond acceptors (Lipinski definition) is 3. The van der Waals surface area contributed by atoms with E-state index in [1.807, 2.05) is 0 Å². The second kappa shape index (κ2) is 5.35. The zero-order chi connectivity index (χ0) is 13.1. The molecule has 1 atom stereocenters. The van der Waals surface area contributed by atoms with Crippen LogP contribution >= 0.6 is 0 Å². The highest BCUT2D eigenvalue weighted by molar-refractivity contribution is 5.73. The molecule has 1 aromatic carbocycles. The Kier molecular flexibility index (Phi) is 3.81. The zero-order valence-corrected chi connectivity index (χ0v) is 10.6. The maximum absolute atomic E-state index is 13.3. The number of carbonyl (C=O) groups excluding carboxylic acids is 1. The van der Waals surface area contributed by atoms with Crippen LogP contribution in [-0.4, -0.2) is 37.6 Å². The lowest BCUT2D eigenvalue weighted by molar-refractivity contribution is -0.130. The van der Waals surface area contributed by atoms with Crippen LogP contribution in [0.2, 0.25) is 0 Å². The van der Waals surface area contributed by atoms with Gasteiger partial charge in [-0.05, 0) is 18.2 Å². The van der Waals surface area contributed by atoms with Gasteiger partial charge in [-0.1, -0.05) is 0 Å². The summed E-state index contributed by atoms with van der Waals surface area (Å²) in [5.74, 6) is 0.378. The first-order valence-corrected chi connectivity index (χ1v) is 5.94. The molecule has 0 spiro atoms. The Balaban J connectivity index is 2.25. The summed E-state index contributed by atoms with van der Waals surface area (Å²) < 4.78 is 18.6. The summed E-state index contributed by atoms with van der Waals surface area (Å²) >= 11 is 0. The Bertz CT molecular complexity index is 451. The fourth-order valence-corrected chi connectivity index (χ4v) is 2.22. The van der Waals surface area contributed by atoms with Crippen LogP contribution in [0, 0.1) is 5.82 Å². The minimum absolute atomic E-state index is 0.0388. The standard InChI is InChI=1S/C13H17FN2O2/c1-9(17)16-6-5-15-12(8-16)11-7-10(14)3-4-13(11)18-2/h3-4,7,12,15H,5-6,8H2,1-2H3. The molecule has 4 nitrogen and oxygen atoms in total. The Hall–Kier alpha value is -1.62. The largest absolute Gasteiger partial charge is 0.496 e. The smallest absolute Gasteiger partial charge is 0.219 e. The van der Waals surface area contributed by atoms with Crippen LogP contribution in [0.15, 0.2) is 18.2 Å². The van der Waals surface area contributed by atoms with Crippen LogP contribution in [0.5, 0.6) is 5.75 Å². The van der Waals surface area contributed by atoms with Crippen LogP contribution < -0.4 is 10.1 Å². The number of rotatable bonds is 2. The third kappa shape index (κ3) is 2.61. The summed E-state index contributed by atoms with van der Waals surface area (Å²) in [6.07, 6.45) is 0. The average Bonchev–Trinajstić information content (AvgIpc) is 2.39. The lowest BCUT2D eigenvalue weighted by Crippen LogP contribution is -2.47. The summed E-state index contributed by atoms with van der Waals surface area (Å²) in [6.45, 7) is 3.47. The van der Waals surface area contributed by atoms with Crippen molar-refractivity contribution in [3.63, 3.8) is 0 Å². The van der Waals surface area contributed by atoms with E-state index in [2.05, 4.69) is 5.32 Å². The van der Waals surface area contributed by atoms with Gasteiger partial charge in [0.25, 0.3) is 0 Å². The van der Waals surface area contributed by atoms with Crippen LogP contribution in [-0.2, 0) is 4.79 Å². The van der Waals surface area contributed by atoms with E-state index in [1.165, 1.54) is 12.1 Å². The SMILES string of the molecule is COc1ccc(F)cc1C1CN(C(C)=O)CCN1. The highest BCUT2D eigenvalue weighted by atomic mass is 19.1. The minimum atomic E-state index is -0.299. The van der Waals surface area contributed by atoms with Gasteiger partial charge in [-0.25, -0.2) is 4.39 Å². The molecular weight excluding hydrogens is 235 g/mol. The molecule has 1 unspecified atom stereocenters. The molecule has 98 valence electrons. The average molecular weight is 252 g/mol. The van der Waals surface area contributed by atoms with Crippen molar-refractivity contribution in [3.05, 3.63) is 29.6 Å². The van der Waals surface area contributed by atoms with E-state index < -0.39 is 0 Å². The fraction of sp³-hybridized carbons (Fsp3) is 0.462. The van der Waals surface area contributed by atoms with E-state index >= 15 is 0 Å². The first kappa shape index (κ1) is 12.8. The van der Waals surface area contributed by atoms with E-state index in [9.17, 15) is 9.18 Å². The molecule has 2 rings (SSSR count). The van der Waals surface area contributed by atoms with E-state index in [-0.39, 0.29) is 17.8 Å². The molecule has 0 saturated carbocycles. The first-order chi connectivity index (χ1) is 8.61. The lowest BCUT2D eigenvalue weighted by Gasteiger charge is -2.33. The van der Waals surface area contributed by atoms with Crippen molar-refractivity contribution < 1.29 is 13.9 Å². The Labute approximate surface area is 106 Å². The molecule has 0 bridgehead atoms. The zero-order valence-electron chi connectivity index (χ0n) is 10.6. The molecule has 0 aromatic heterocycles. The van der Waals surface area contributed by atoms with Gasteiger partial charge in [-0.3, -0.25) is 4.79 Å². The van der Waals surface area contributed by atoms with Crippen molar-refractivity contribution in [3.8, 4) is 5.75 Å². The molecule has 0 aliphatic carbocycles. The number of nitrogens with one attached hydrogen (secondary N) is 1. The van der Waals surface area contributed by atoms with Crippen LogP contribution in [0.25, 0.3) is 0 Å². The monoisotopic (exact) mass is 252 g/mol. The van der Waals surface area contributed by atoms with Crippen molar-refractivity contribution in [2.45, 2.75) is 13.0 Å². The lowest BCUT2D eigenvalue weighted by atomic mass is 10.0. The van der Waals surface area contributed by atoms with Crippen LogP contribution in [0.4, 0.5) is 4.39 Å². The van der Waals surface area contributed by atoms with Gasteiger partial charge in [0, 0.05) is 32.1 Å². The van der Waals surface area contributed by atoms with E-state index in [4.69, 9.17) is 4.74 Å². The van der Waals surface area contributed by atoms with E-state index in [1.54, 1.807) is 25.0 Å². The number of methoxy groups -OCH3 is 1. The number of halogens is 1. The number of carbonyl (C=O) groups is 1. The molecular formula is C13H17FN2O2. The Morgan fingerprint density at radius 3 is 3.00 bits per heavy atom. The van der Waals surface area contributed by atoms with Crippen molar-refractivity contribution >= 4 is 5.91 Å². The van der Waals surface area contributed by atoms with Crippen molar-refractivity contribution in [2.24, 2.45) is 0 Å². The Morgan fingerprint density at radius 1 is 1.56 bits per heavy atom. The highest BCUT2D eigenvalue weighted by Gasteiger charge is 2.24. The van der Waals surface area contributed by atoms with Gasteiger partial charge in [0.15, 0.2) is 0 Å². The predicted molar refractivity (Wildman–Crippen MR) is 65.9 cm³/mol. The van der Waals surface area contributed by atoms with E-state index in [0.717, 1.165) is 5.56 Å². The molecule has 1 aliphatic heterocycles. The van der Waals surface area contributed by atoms with Gasteiger partial charge in [0.1, 0.15) is 11.6 Å². The summed E-state index contributed by atoms with van der Waals surface area (Å²) in [6, 6.07) is 4.35. The Morgan fingerprint density at radius 2 is 2.33 bits per heavy atom. The molecule has 18 heavy (non-hydrogen) atoms. The summed E-state index contributed by atoms with van der Waals surface area (Å²) in [4.78, 5) is 13.1. The van der Waals surface area contributed by atoms with E-state index in [0.29, 0.717) is 25.4 Å². The fourth-order valence-electron chi connectivity index (χ4n) is 2.22. The van der Waals surface area contributed by atoms with Gasteiger partial charge in [-0.15, -0.1) is 0 Å². The number of amides is 1. The van der Waals surface area contributed by atoms with Crippen molar-refractivity contribution in [2.75, 3.05) is 26.7 Å². The maximum Gasteiger partial charge on any atom is 0.219 e. The van der Waals surface area contributed by atoms with Crippen LogP contribution in [0.1, 0.15) is 18.5 Å². The number of hydrogen-bond donors (Lipinski definition) is 1. The molecule has 1 fully saturated rings. The number of piperazine rings is 1. The van der Waals surface area contributed by atoms with Gasteiger partial charge in [0.05, 0.1) is 13.2 Å². The van der Waals surface area contributed by atoms with Gasteiger partial charge < -0.3 is 15.0 Å². The molecule has 1 aliphatic rings. The molecule has 1 aromatic rings. The molecule has 5 heteroatoms. The third-order valence-electron chi connectivity index (χ3n) is 3.19. The second-order valence-electron chi connectivity index (χ2n) is 4.36. The molecule has 0 radical (unpaired) electrons. The van der Waals surface area contributed by atoms with Gasteiger partial charge >= 0.3 is 0 Å². The van der Waals surface area contributed by atoms with Crippen molar-refractivity contribution in [1.82, 2.24) is 10.2 Å². The number of nitrogens with zero attached hydrogens (tertiary/aromatic N) is 1. The molecule has 1 heterocycles. The minimum Gasteiger partial charge on any atom is -0.496 e. The summed E-state index contributed by atoms with van der Waals surface area (Å²) in [5, 5.41) is 3.28. The van der Waals surface area contributed by atoms with Crippen molar-refractivity contribution in [1.29, 1.82) is 0 Å². The summed E-state index contributed by atoms with van der Waals surface area (Å²) in [5.41, 5.74) is 0.753. The second-order valence-corrected chi connectivity index (χ2v) is 4.36. The van der Waals surface area contributed by atoms with Gasteiger partial charge in [0.2, 0.25) is 5.91 Å². The maximum atomic E-state index is 13.3. The predicted octanol–water partition coefficient (Wildman–Crippen LogP) is 1.33. The highest BCUT2D eigenvalue weighted by Crippen LogP contribution is 2.27. The van der Waals surface area contributed by atoms with Gasteiger partial charge in [-0.2, -0.15) is 0 Å².